The van der Waals surface area contributed by atoms with Crippen LogP contribution in [-0.4, -0.2) is 9.78 Å². The number of unbranched alkanes of at least 4 members (excludes halogenated alkanes) is 1. The molecule has 0 aliphatic rings. The van der Waals surface area contributed by atoms with Crippen molar-refractivity contribution in [1.29, 1.82) is 0 Å². The lowest BCUT2D eigenvalue weighted by Crippen LogP contribution is -1.96. The predicted octanol–water partition coefficient (Wildman–Crippen LogP) is 3.49. The van der Waals surface area contributed by atoms with Crippen molar-refractivity contribution in [3.63, 3.8) is 0 Å². The first-order chi connectivity index (χ1) is 6.79. The van der Waals surface area contributed by atoms with E-state index < -0.39 is 0 Å². The third-order valence-electron chi connectivity index (χ3n) is 2.26. The summed E-state index contributed by atoms with van der Waals surface area (Å²) < 4.78 is 1.99. The van der Waals surface area contributed by atoms with Gasteiger partial charge < -0.3 is 0 Å². The molecule has 0 N–H and O–H groups in total. The van der Waals surface area contributed by atoms with Gasteiger partial charge in [0, 0.05) is 23.2 Å². The van der Waals surface area contributed by atoms with Crippen molar-refractivity contribution >= 4 is 22.5 Å². The van der Waals surface area contributed by atoms with Crippen molar-refractivity contribution in [2.24, 2.45) is 0 Å². The fourth-order valence-corrected chi connectivity index (χ4v) is 1.64. The quantitative estimate of drug-likeness (QED) is 0.755. The molecule has 14 heavy (non-hydrogen) atoms. The number of fused-ring (bicyclic) bond motifs is 1. The lowest BCUT2D eigenvalue weighted by molar-refractivity contribution is 0.576. The van der Waals surface area contributed by atoms with E-state index in [-0.39, 0.29) is 0 Å². The van der Waals surface area contributed by atoms with Gasteiger partial charge >= 0.3 is 0 Å². The second-order valence-corrected chi connectivity index (χ2v) is 3.89. The van der Waals surface area contributed by atoms with Crippen LogP contribution in [-0.2, 0) is 6.54 Å². The van der Waals surface area contributed by atoms with Gasteiger partial charge in [-0.3, -0.25) is 4.68 Å². The van der Waals surface area contributed by atoms with E-state index in [0.29, 0.717) is 0 Å². The molecule has 0 radical (unpaired) electrons. The Balaban J connectivity index is 2.32. The molecule has 2 aromatic rings. The first kappa shape index (κ1) is 9.53. The van der Waals surface area contributed by atoms with Gasteiger partial charge in [-0.15, -0.1) is 0 Å². The number of benzene rings is 1. The second-order valence-electron chi connectivity index (χ2n) is 3.45. The maximum absolute atomic E-state index is 5.88. The van der Waals surface area contributed by atoms with E-state index in [4.69, 9.17) is 11.6 Å². The van der Waals surface area contributed by atoms with Crippen molar-refractivity contribution in [3.8, 4) is 0 Å². The molecule has 0 aliphatic heterocycles. The van der Waals surface area contributed by atoms with Crippen LogP contribution in [0.2, 0.25) is 5.02 Å². The Labute approximate surface area is 88.5 Å². The van der Waals surface area contributed by atoms with Gasteiger partial charge in [-0.25, -0.2) is 0 Å². The Morgan fingerprint density at radius 3 is 3.07 bits per heavy atom. The highest BCUT2D eigenvalue weighted by Crippen LogP contribution is 2.17. The highest BCUT2D eigenvalue weighted by molar-refractivity contribution is 6.31. The molecular formula is C11H13ClN2. The van der Waals surface area contributed by atoms with Gasteiger partial charge in [0.2, 0.25) is 0 Å². The molecule has 74 valence electrons. The fraction of sp³-hybridized carbons (Fsp3) is 0.364. The van der Waals surface area contributed by atoms with Crippen LogP contribution in [0.25, 0.3) is 10.9 Å². The van der Waals surface area contributed by atoms with Crippen molar-refractivity contribution in [2.75, 3.05) is 0 Å². The molecule has 1 heterocycles. The zero-order valence-corrected chi connectivity index (χ0v) is 8.96. The summed E-state index contributed by atoms with van der Waals surface area (Å²) in [5.41, 5.74) is 0.980. The van der Waals surface area contributed by atoms with E-state index in [1.54, 1.807) is 0 Å². The number of nitrogens with zero attached hydrogens (tertiary/aromatic N) is 2. The van der Waals surface area contributed by atoms with Gasteiger partial charge in [-0.05, 0) is 24.6 Å². The second kappa shape index (κ2) is 4.01. The standard InChI is InChI=1S/C11H13ClN2/c1-2-3-6-14-8-9-4-5-10(12)7-11(9)13-14/h4-5,7-8H,2-3,6H2,1H3. The van der Waals surface area contributed by atoms with Crippen molar-refractivity contribution in [1.82, 2.24) is 9.78 Å². The molecule has 0 unspecified atom stereocenters. The highest BCUT2D eigenvalue weighted by Gasteiger charge is 2.00. The number of hydrogen-bond donors (Lipinski definition) is 0. The molecular weight excluding hydrogens is 196 g/mol. The Hall–Kier alpha value is -1.02. The highest BCUT2D eigenvalue weighted by atomic mass is 35.5. The summed E-state index contributed by atoms with van der Waals surface area (Å²) in [6.07, 6.45) is 4.43. The van der Waals surface area contributed by atoms with Crippen LogP contribution < -0.4 is 0 Å². The fourth-order valence-electron chi connectivity index (χ4n) is 1.48. The molecule has 2 rings (SSSR count). The van der Waals surface area contributed by atoms with E-state index >= 15 is 0 Å². The molecule has 0 saturated carbocycles. The largest absolute Gasteiger partial charge is 0.272 e. The zero-order valence-electron chi connectivity index (χ0n) is 8.20. The van der Waals surface area contributed by atoms with Gasteiger partial charge in [-0.2, -0.15) is 5.10 Å². The minimum absolute atomic E-state index is 0.748. The van der Waals surface area contributed by atoms with E-state index in [1.165, 1.54) is 12.8 Å². The summed E-state index contributed by atoms with van der Waals surface area (Å²) in [4.78, 5) is 0. The van der Waals surface area contributed by atoms with Crippen molar-refractivity contribution in [3.05, 3.63) is 29.4 Å². The third kappa shape index (κ3) is 1.90. The molecule has 0 fully saturated rings. The number of hydrogen-bond acceptors (Lipinski definition) is 1. The Morgan fingerprint density at radius 2 is 2.29 bits per heavy atom. The number of halogens is 1. The van der Waals surface area contributed by atoms with Gasteiger partial charge in [0.25, 0.3) is 0 Å². The summed E-state index contributed by atoms with van der Waals surface area (Å²) >= 11 is 5.88. The molecule has 0 atom stereocenters. The van der Waals surface area contributed by atoms with Gasteiger partial charge in [-0.1, -0.05) is 24.9 Å². The summed E-state index contributed by atoms with van der Waals surface area (Å²) in [6.45, 7) is 3.17. The number of aryl methyl sites for hydroxylation is 1. The van der Waals surface area contributed by atoms with Crippen LogP contribution in [0.15, 0.2) is 24.4 Å². The Bertz CT molecular complexity index is 434. The molecule has 1 aromatic carbocycles. The van der Waals surface area contributed by atoms with Crippen LogP contribution in [0.1, 0.15) is 19.8 Å². The van der Waals surface area contributed by atoms with E-state index in [1.807, 2.05) is 22.9 Å². The molecule has 0 saturated heterocycles. The van der Waals surface area contributed by atoms with E-state index in [2.05, 4.69) is 18.2 Å². The third-order valence-corrected chi connectivity index (χ3v) is 2.49. The van der Waals surface area contributed by atoms with Gasteiger partial charge in [0.1, 0.15) is 0 Å². The SMILES string of the molecule is CCCCn1cc2ccc(Cl)cc2n1. The normalized spacial score (nSPS) is 11.0. The smallest absolute Gasteiger partial charge is 0.0938 e. The summed E-state index contributed by atoms with van der Waals surface area (Å²) in [5.74, 6) is 0. The molecule has 3 heteroatoms. The van der Waals surface area contributed by atoms with Crippen LogP contribution in [0.3, 0.4) is 0 Å². The summed E-state index contributed by atoms with van der Waals surface area (Å²) in [5, 5.41) is 6.35. The maximum atomic E-state index is 5.88. The zero-order chi connectivity index (χ0) is 9.97. The molecule has 0 spiro atoms. The Kier molecular flexibility index (Phi) is 2.73. The molecule has 2 nitrogen and oxygen atoms in total. The van der Waals surface area contributed by atoms with E-state index in [0.717, 1.165) is 22.5 Å². The van der Waals surface area contributed by atoms with Gasteiger partial charge in [0.15, 0.2) is 0 Å². The summed E-state index contributed by atoms with van der Waals surface area (Å²) in [7, 11) is 0. The minimum Gasteiger partial charge on any atom is -0.272 e. The molecule has 1 aromatic heterocycles. The van der Waals surface area contributed by atoms with Crippen LogP contribution >= 0.6 is 11.6 Å². The predicted molar refractivity (Wildman–Crippen MR) is 59.7 cm³/mol. The van der Waals surface area contributed by atoms with Gasteiger partial charge in [0.05, 0.1) is 5.52 Å². The number of rotatable bonds is 3. The average molecular weight is 209 g/mol. The average Bonchev–Trinajstić information content (AvgIpc) is 2.56. The summed E-state index contributed by atoms with van der Waals surface area (Å²) in [6, 6.07) is 5.81. The van der Waals surface area contributed by atoms with E-state index in [9.17, 15) is 0 Å². The number of aromatic nitrogens is 2. The first-order valence-electron chi connectivity index (χ1n) is 4.92. The Morgan fingerprint density at radius 1 is 1.43 bits per heavy atom. The van der Waals surface area contributed by atoms with Crippen LogP contribution in [0.4, 0.5) is 0 Å². The molecule has 0 amide bonds. The molecule has 0 bridgehead atoms. The molecule has 0 aliphatic carbocycles. The van der Waals surface area contributed by atoms with Crippen LogP contribution in [0, 0.1) is 0 Å². The lowest BCUT2D eigenvalue weighted by Gasteiger charge is -1.96. The van der Waals surface area contributed by atoms with Crippen molar-refractivity contribution in [2.45, 2.75) is 26.3 Å². The first-order valence-corrected chi connectivity index (χ1v) is 5.30. The monoisotopic (exact) mass is 208 g/mol. The maximum Gasteiger partial charge on any atom is 0.0938 e. The lowest BCUT2D eigenvalue weighted by atomic mass is 10.3. The minimum atomic E-state index is 0.748. The van der Waals surface area contributed by atoms with Crippen LogP contribution in [0.5, 0.6) is 0 Å². The topological polar surface area (TPSA) is 17.8 Å². The van der Waals surface area contributed by atoms with Crippen molar-refractivity contribution < 1.29 is 0 Å².